The molecule has 1 aromatic carbocycles. The molecule has 3 aliphatic rings. The molecule has 4 rings (SSSR count). The Bertz CT molecular complexity index is 683. The molecule has 2 unspecified atom stereocenters. The smallest absolute Gasteiger partial charge is 0.157 e. The van der Waals surface area contributed by atoms with Crippen LogP contribution in [-0.2, 0) is 4.79 Å². The highest BCUT2D eigenvalue weighted by Crippen LogP contribution is 2.41. The van der Waals surface area contributed by atoms with Gasteiger partial charge in [0, 0.05) is 12.0 Å². The lowest BCUT2D eigenvalue weighted by Crippen LogP contribution is -2.54. The van der Waals surface area contributed by atoms with Crippen LogP contribution in [0.2, 0.25) is 10.0 Å². The molecule has 0 bridgehead atoms. The molecule has 0 aromatic heterocycles. The highest BCUT2D eigenvalue weighted by molar-refractivity contribution is 6.42. The summed E-state index contributed by atoms with van der Waals surface area (Å²) in [6.45, 7) is 3.21. The maximum Gasteiger partial charge on any atom is 0.157 e. The molecule has 5 heteroatoms. The molecule has 1 aromatic rings. The molecule has 1 N–H and O–H groups in total. The first-order valence-electron chi connectivity index (χ1n) is 11.1. The number of likely N-dealkylation sites (tertiary alicyclic amines) is 1. The first kappa shape index (κ1) is 20.7. The summed E-state index contributed by atoms with van der Waals surface area (Å²) < 4.78 is 0. The molecule has 2 atom stereocenters. The minimum atomic E-state index is -0.0374. The summed E-state index contributed by atoms with van der Waals surface area (Å²) in [6.07, 6.45) is 10.5. The number of ketones is 1. The van der Waals surface area contributed by atoms with E-state index < -0.39 is 0 Å². The molecule has 3 nitrogen and oxygen atoms in total. The largest absolute Gasteiger partial charge is 0.317 e. The lowest BCUT2D eigenvalue weighted by atomic mass is 9.77. The molecule has 0 amide bonds. The minimum absolute atomic E-state index is 0.0374. The SMILES string of the molecule is O=C(C(c1ccc(Cl)c(Cl)c1)C1CCCC1)C1CCCCN1C1CCNCC1. The van der Waals surface area contributed by atoms with Crippen molar-refractivity contribution in [3.63, 3.8) is 0 Å². The third-order valence-corrected chi connectivity index (χ3v) is 7.87. The van der Waals surface area contributed by atoms with Crippen molar-refractivity contribution in [3.05, 3.63) is 33.8 Å². The van der Waals surface area contributed by atoms with Crippen LogP contribution in [-0.4, -0.2) is 42.4 Å². The molecular formula is C23H32Cl2N2O. The molecule has 28 heavy (non-hydrogen) atoms. The van der Waals surface area contributed by atoms with Gasteiger partial charge in [0.25, 0.3) is 0 Å². The zero-order valence-electron chi connectivity index (χ0n) is 16.6. The first-order chi connectivity index (χ1) is 13.6. The number of nitrogens with one attached hydrogen (secondary N) is 1. The Morgan fingerprint density at radius 3 is 2.39 bits per heavy atom. The van der Waals surface area contributed by atoms with Crippen LogP contribution < -0.4 is 5.32 Å². The number of halogens is 2. The summed E-state index contributed by atoms with van der Waals surface area (Å²) >= 11 is 12.5. The minimum Gasteiger partial charge on any atom is -0.317 e. The average Bonchev–Trinajstić information content (AvgIpc) is 3.26. The lowest BCUT2D eigenvalue weighted by Gasteiger charge is -2.43. The monoisotopic (exact) mass is 422 g/mol. The van der Waals surface area contributed by atoms with Gasteiger partial charge >= 0.3 is 0 Å². The number of carbonyl (C=O) groups is 1. The van der Waals surface area contributed by atoms with E-state index in [-0.39, 0.29) is 12.0 Å². The van der Waals surface area contributed by atoms with E-state index in [0.29, 0.717) is 27.8 Å². The molecule has 0 radical (unpaired) electrons. The summed E-state index contributed by atoms with van der Waals surface area (Å²) in [5, 5.41) is 4.59. The fourth-order valence-corrected chi connectivity index (χ4v) is 6.01. The number of nitrogens with zero attached hydrogens (tertiary/aromatic N) is 1. The molecule has 3 fully saturated rings. The lowest BCUT2D eigenvalue weighted by molar-refractivity contribution is -0.129. The molecular weight excluding hydrogens is 391 g/mol. The number of benzene rings is 1. The number of carbonyl (C=O) groups excluding carboxylic acids is 1. The number of Topliss-reactive ketones (excluding diaryl/α,β-unsaturated/α-hetero) is 1. The van der Waals surface area contributed by atoms with Crippen LogP contribution in [0, 0.1) is 5.92 Å². The third kappa shape index (κ3) is 4.43. The Hall–Kier alpha value is -0.610. The molecule has 1 saturated carbocycles. The molecule has 0 spiro atoms. The second kappa shape index (κ2) is 9.47. The molecule has 2 heterocycles. The van der Waals surface area contributed by atoms with Crippen molar-refractivity contribution in [2.75, 3.05) is 19.6 Å². The molecule has 2 saturated heterocycles. The van der Waals surface area contributed by atoms with Gasteiger partial charge in [0.15, 0.2) is 5.78 Å². The van der Waals surface area contributed by atoms with E-state index in [0.717, 1.165) is 63.7 Å². The average molecular weight is 423 g/mol. The van der Waals surface area contributed by atoms with Crippen LogP contribution in [0.25, 0.3) is 0 Å². The normalized spacial score (nSPS) is 26.4. The Morgan fingerprint density at radius 2 is 1.68 bits per heavy atom. The van der Waals surface area contributed by atoms with Crippen LogP contribution in [0.5, 0.6) is 0 Å². The van der Waals surface area contributed by atoms with Crippen molar-refractivity contribution in [2.24, 2.45) is 5.92 Å². The maximum atomic E-state index is 14.0. The first-order valence-corrected chi connectivity index (χ1v) is 11.9. The van der Waals surface area contributed by atoms with Gasteiger partial charge in [-0.3, -0.25) is 9.69 Å². The van der Waals surface area contributed by atoms with Crippen molar-refractivity contribution in [2.45, 2.75) is 75.8 Å². The fraction of sp³-hybridized carbons (Fsp3) is 0.696. The van der Waals surface area contributed by atoms with E-state index in [4.69, 9.17) is 23.2 Å². The van der Waals surface area contributed by atoms with Crippen LogP contribution in [0.1, 0.15) is 69.3 Å². The third-order valence-electron chi connectivity index (χ3n) is 7.13. The van der Waals surface area contributed by atoms with Gasteiger partial charge in [-0.15, -0.1) is 0 Å². The van der Waals surface area contributed by atoms with E-state index in [1.165, 1.54) is 19.3 Å². The van der Waals surface area contributed by atoms with Crippen molar-refractivity contribution in [1.82, 2.24) is 10.2 Å². The Kier molecular flexibility index (Phi) is 6.98. The van der Waals surface area contributed by atoms with Gasteiger partial charge in [-0.1, -0.05) is 48.5 Å². The number of piperidine rings is 2. The molecule has 154 valence electrons. The summed E-state index contributed by atoms with van der Waals surface area (Å²) in [5.74, 6) is 0.842. The van der Waals surface area contributed by atoms with Crippen molar-refractivity contribution in [3.8, 4) is 0 Å². The fourth-order valence-electron chi connectivity index (χ4n) is 5.71. The van der Waals surface area contributed by atoms with Crippen LogP contribution in [0.3, 0.4) is 0 Å². The maximum absolute atomic E-state index is 14.0. The van der Waals surface area contributed by atoms with Gasteiger partial charge in [0.05, 0.1) is 16.1 Å². The van der Waals surface area contributed by atoms with E-state index >= 15 is 0 Å². The quantitative estimate of drug-likeness (QED) is 0.684. The number of rotatable bonds is 5. The standard InChI is InChI=1S/C23H32Cl2N2O/c24-19-9-8-17(15-20(19)25)22(16-5-1-2-6-16)23(28)21-7-3-4-14-27(21)18-10-12-26-13-11-18/h8-9,15-16,18,21-22,26H,1-7,10-14H2. The van der Waals surface area contributed by atoms with E-state index in [1.807, 2.05) is 18.2 Å². The topological polar surface area (TPSA) is 32.3 Å². The van der Waals surface area contributed by atoms with Crippen molar-refractivity contribution >= 4 is 29.0 Å². The van der Waals surface area contributed by atoms with Crippen LogP contribution in [0.15, 0.2) is 18.2 Å². The van der Waals surface area contributed by atoms with E-state index in [2.05, 4.69) is 10.2 Å². The van der Waals surface area contributed by atoms with Gasteiger partial charge in [0.1, 0.15) is 0 Å². The van der Waals surface area contributed by atoms with Crippen molar-refractivity contribution < 1.29 is 4.79 Å². The molecule has 1 aliphatic carbocycles. The van der Waals surface area contributed by atoms with E-state index in [9.17, 15) is 4.79 Å². The van der Waals surface area contributed by atoms with Gasteiger partial charge < -0.3 is 5.32 Å². The summed E-state index contributed by atoms with van der Waals surface area (Å²) in [6, 6.07) is 6.46. The van der Waals surface area contributed by atoms with Gasteiger partial charge in [0.2, 0.25) is 0 Å². The van der Waals surface area contributed by atoms with Crippen LogP contribution >= 0.6 is 23.2 Å². The molecule has 2 aliphatic heterocycles. The number of hydrogen-bond donors (Lipinski definition) is 1. The Labute approximate surface area is 179 Å². The van der Waals surface area contributed by atoms with Crippen LogP contribution in [0.4, 0.5) is 0 Å². The highest BCUT2D eigenvalue weighted by Gasteiger charge is 2.40. The van der Waals surface area contributed by atoms with Gasteiger partial charge in [-0.05, 0) is 81.8 Å². The Morgan fingerprint density at radius 1 is 0.964 bits per heavy atom. The number of hydrogen-bond acceptors (Lipinski definition) is 3. The predicted octanol–water partition coefficient (Wildman–Crippen LogP) is 5.44. The summed E-state index contributed by atoms with van der Waals surface area (Å²) in [4.78, 5) is 16.6. The Balaban J connectivity index is 1.62. The zero-order valence-corrected chi connectivity index (χ0v) is 18.1. The van der Waals surface area contributed by atoms with E-state index in [1.54, 1.807) is 0 Å². The second-order valence-corrected chi connectivity index (χ2v) is 9.64. The second-order valence-electron chi connectivity index (χ2n) is 8.83. The highest BCUT2D eigenvalue weighted by atomic mass is 35.5. The van der Waals surface area contributed by atoms with Gasteiger partial charge in [-0.2, -0.15) is 0 Å². The van der Waals surface area contributed by atoms with Gasteiger partial charge in [-0.25, -0.2) is 0 Å². The predicted molar refractivity (Wildman–Crippen MR) is 116 cm³/mol. The van der Waals surface area contributed by atoms with Crippen molar-refractivity contribution in [1.29, 1.82) is 0 Å². The summed E-state index contributed by atoms with van der Waals surface area (Å²) in [5.41, 5.74) is 1.07. The summed E-state index contributed by atoms with van der Waals surface area (Å²) in [7, 11) is 0. The zero-order chi connectivity index (χ0) is 19.5.